The molecule has 0 saturated carbocycles. The van der Waals surface area contributed by atoms with Crippen LogP contribution in [-0.2, 0) is 6.54 Å². The standard InChI is InChI=1S/C16H23N5OS/c1-20-9-3-4-14(10-20)12-23-16-17-18-19-21(16)11-13-5-7-15(22-2)8-6-13/h5-8,14H,3-4,9-12H2,1-2H3/t14-/m0/s1. The van der Waals surface area contributed by atoms with Crippen molar-refractivity contribution in [1.29, 1.82) is 0 Å². The number of rotatable bonds is 6. The highest BCUT2D eigenvalue weighted by atomic mass is 32.2. The molecule has 0 N–H and O–H groups in total. The quantitative estimate of drug-likeness (QED) is 0.755. The van der Waals surface area contributed by atoms with Crippen LogP contribution >= 0.6 is 11.8 Å². The van der Waals surface area contributed by atoms with Crippen LogP contribution in [0.4, 0.5) is 0 Å². The summed E-state index contributed by atoms with van der Waals surface area (Å²) in [5, 5.41) is 13.0. The predicted octanol–water partition coefficient (Wildman–Crippen LogP) is 2.16. The third-order valence-corrected chi connectivity index (χ3v) is 5.35. The van der Waals surface area contributed by atoms with Gasteiger partial charge in [-0.25, -0.2) is 4.68 Å². The summed E-state index contributed by atoms with van der Waals surface area (Å²) in [4.78, 5) is 2.41. The first kappa shape index (κ1) is 16.3. The van der Waals surface area contributed by atoms with Crippen molar-refractivity contribution in [3.05, 3.63) is 29.8 Å². The topological polar surface area (TPSA) is 56.1 Å². The second-order valence-electron chi connectivity index (χ2n) is 6.05. The third-order valence-electron chi connectivity index (χ3n) is 4.16. The monoisotopic (exact) mass is 333 g/mol. The minimum Gasteiger partial charge on any atom is -0.497 e. The molecular weight excluding hydrogens is 310 g/mol. The van der Waals surface area contributed by atoms with Crippen molar-refractivity contribution in [2.24, 2.45) is 5.92 Å². The zero-order chi connectivity index (χ0) is 16.1. The minimum absolute atomic E-state index is 0.684. The second-order valence-corrected chi connectivity index (χ2v) is 7.04. The molecule has 1 aromatic heterocycles. The van der Waals surface area contributed by atoms with Gasteiger partial charge in [0.25, 0.3) is 0 Å². The van der Waals surface area contributed by atoms with Crippen LogP contribution in [0, 0.1) is 5.92 Å². The van der Waals surface area contributed by atoms with Crippen molar-refractivity contribution in [2.75, 3.05) is 33.0 Å². The van der Waals surface area contributed by atoms with Crippen LogP contribution in [0.15, 0.2) is 29.4 Å². The molecule has 7 heteroatoms. The number of methoxy groups -OCH3 is 1. The molecule has 0 bridgehead atoms. The zero-order valence-electron chi connectivity index (χ0n) is 13.7. The summed E-state index contributed by atoms with van der Waals surface area (Å²) in [7, 11) is 3.87. The first-order valence-electron chi connectivity index (χ1n) is 7.95. The van der Waals surface area contributed by atoms with Gasteiger partial charge in [0.15, 0.2) is 0 Å². The average molecular weight is 333 g/mol. The van der Waals surface area contributed by atoms with E-state index < -0.39 is 0 Å². The summed E-state index contributed by atoms with van der Waals surface area (Å²) in [5.41, 5.74) is 1.16. The molecule has 1 fully saturated rings. The number of benzene rings is 1. The molecule has 0 aliphatic carbocycles. The van der Waals surface area contributed by atoms with Gasteiger partial charge in [-0.15, -0.1) is 5.10 Å². The lowest BCUT2D eigenvalue weighted by Gasteiger charge is -2.29. The molecule has 124 valence electrons. The van der Waals surface area contributed by atoms with Crippen LogP contribution in [0.1, 0.15) is 18.4 Å². The smallest absolute Gasteiger partial charge is 0.209 e. The number of nitrogens with zero attached hydrogens (tertiary/aromatic N) is 5. The SMILES string of the molecule is COc1ccc(Cn2nnnc2SC[C@H]2CCCN(C)C2)cc1. The fourth-order valence-corrected chi connectivity index (χ4v) is 3.91. The van der Waals surface area contributed by atoms with Crippen molar-refractivity contribution in [1.82, 2.24) is 25.1 Å². The van der Waals surface area contributed by atoms with E-state index in [4.69, 9.17) is 4.74 Å². The molecule has 0 unspecified atom stereocenters. The fourth-order valence-electron chi connectivity index (χ4n) is 2.90. The number of aromatic nitrogens is 4. The van der Waals surface area contributed by atoms with Crippen molar-refractivity contribution in [2.45, 2.75) is 24.5 Å². The van der Waals surface area contributed by atoms with Crippen molar-refractivity contribution < 1.29 is 4.74 Å². The molecule has 6 nitrogen and oxygen atoms in total. The van der Waals surface area contributed by atoms with E-state index in [2.05, 4.69) is 27.5 Å². The van der Waals surface area contributed by atoms with E-state index in [1.807, 2.05) is 28.9 Å². The zero-order valence-corrected chi connectivity index (χ0v) is 14.5. The van der Waals surface area contributed by atoms with Gasteiger partial charge in [-0.3, -0.25) is 0 Å². The molecular formula is C16H23N5OS. The maximum atomic E-state index is 5.19. The van der Waals surface area contributed by atoms with E-state index in [0.717, 1.165) is 28.1 Å². The number of tetrazole rings is 1. The molecule has 0 spiro atoms. The summed E-state index contributed by atoms with van der Waals surface area (Å²) in [5.74, 6) is 2.67. The minimum atomic E-state index is 0.684. The second kappa shape index (κ2) is 7.79. The molecule has 1 aliphatic rings. The van der Waals surface area contributed by atoms with E-state index in [1.165, 1.54) is 25.9 Å². The number of thioether (sulfide) groups is 1. The Kier molecular flexibility index (Phi) is 5.51. The number of hydrogen-bond donors (Lipinski definition) is 0. The Morgan fingerprint density at radius 2 is 2.13 bits per heavy atom. The van der Waals surface area contributed by atoms with Crippen LogP contribution in [0.25, 0.3) is 0 Å². The van der Waals surface area contributed by atoms with Gasteiger partial charge in [0.05, 0.1) is 13.7 Å². The van der Waals surface area contributed by atoms with Gasteiger partial charge in [0.2, 0.25) is 5.16 Å². The summed E-state index contributed by atoms with van der Waals surface area (Å²) < 4.78 is 7.06. The van der Waals surface area contributed by atoms with Gasteiger partial charge in [0, 0.05) is 12.3 Å². The molecule has 1 aliphatic heterocycles. The Morgan fingerprint density at radius 1 is 1.30 bits per heavy atom. The van der Waals surface area contributed by atoms with Crippen molar-refractivity contribution in [3.63, 3.8) is 0 Å². The van der Waals surface area contributed by atoms with E-state index in [1.54, 1.807) is 18.9 Å². The van der Waals surface area contributed by atoms with Gasteiger partial charge in [-0.2, -0.15) is 0 Å². The van der Waals surface area contributed by atoms with E-state index in [0.29, 0.717) is 6.54 Å². The van der Waals surface area contributed by atoms with E-state index >= 15 is 0 Å². The highest BCUT2D eigenvalue weighted by Gasteiger charge is 2.18. The number of likely N-dealkylation sites (tertiary alicyclic amines) is 1. The largest absolute Gasteiger partial charge is 0.497 e. The van der Waals surface area contributed by atoms with Crippen LogP contribution < -0.4 is 4.74 Å². The molecule has 0 radical (unpaired) electrons. The lowest BCUT2D eigenvalue weighted by atomic mass is 10.0. The van der Waals surface area contributed by atoms with Crippen LogP contribution in [-0.4, -0.2) is 58.1 Å². The lowest BCUT2D eigenvalue weighted by Crippen LogP contribution is -2.33. The highest BCUT2D eigenvalue weighted by Crippen LogP contribution is 2.24. The Labute approximate surface area is 141 Å². The first-order valence-corrected chi connectivity index (χ1v) is 8.93. The normalized spacial score (nSPS) is 19.0. The summed E-state index contributed by atoms with van der Waals surface area (Å²) in [6.07, 6.45) is 2.59. The van der Waals surface area contributed by atoms with E-state index in [-0.39, 0.29) is 0 Å². The summed E-state index contributed by atoms with van der Waals surface area (Å²) >= 11 is 1.76. The Bertz CT molecular complexity index is 615. The van der Waals surface area contributed by atoms with Gasteiger partial charge >= 0.3 is 0 Å². The molecule has 0 amide bonds. The van der Waals surface area contributed by atoms with Crippen LogP contribution in [0.2, 0.25) is 0 Å². The average Bonchev–Trinajstić information content (AvgIpc) is 3.01. The van der Waals surface area contributed by atoms with Gasteiger partial charge in [-0.1, -0.05) is 23.9 Å². The predicted molar refractivity (Wildman–Crippen MR) is 90.9 cm³/mol. The molecule has 23 heavy (non-hydrogen) atoms. The lowest BCUT2D eigenvalue weighted by molar-refractivity contribution is 0.224. The molecule has 1 atom stereocenters. The summed E-state index contributed by atoms with van der Waals surface area (Å²) in [6, 6.07) is 8.02. The van der Waals surface area contributed by atoms with Crippen molar-refractivity contribution in [3.8, 4) is 5.75 Å². The highest BCUT2D eigenvalue weighted by molar-refractivity contribution is 7.99. The molecule has 2 heterocycles. The maximum absolute atomic E-state index is 5.19. The van der Waals surface area contributed by atoms with Crippen LogP contribution in [0.5, 0.6) is 5.75 Å². The molecule has 2 aromatic rings. The summed E-state index contributed by atoms with van der Waals surface area (Å²) in [6.45, 7) is 3.08. The van der Waals surface area contributed by atoms with Crippen molar-refractivity contribution >= 4 is 11.8 Å². The molecule has 3 rings (SSSR count). The molecule has 1 aromatic carbocycles. The first-order chi connectivity index (χ1) is 11.2. The Balaban J connectivity index is 1.58. The number of piperidine rings is 1. The van der Waals surface area contributed by atoms with Crippen LogP contribution in [0.3, 0.4) is 0 Å². The Hall–Kier alpha value is -1.60. The Morgan fingerprint density at radius 3 is 2.87 bits per heavy atom. The van der Waals surface area contributed by atoms with Gasteiger partial charge in [-0.05, 0) is 60.5 Å². The fraction of sp³-hybridized carbons (Fsp3) is 0.562. The third kappa shape index (κ3) is 4.45. The number of hydrogen-bond acceptors (Lipinski definition) is 6. The molecule has 1 saturated heterocycles. The maximum Gasteiger partial charge on any atom is 0.209 e. The number of ether oxygens (including phenoxy) is 1. The van der Waals surface area contributed by atoms with Gasteiger partial charge < -0.3 is 9.64 Å². The van der Waals surface area contributed by atoms with Gasteiger partial charge in [0.1, 0.15) is 5.75 Å². The van der Waals surface area contributed by atoms with E-state index in [9.17, 15) is 0 Å².